The first-order valence-corrected chi connectivity index (χ1v) is 12.6. The topological polar surface area (TPSA) is 109 Å². The Hall–Kier alpha value is -2.98. The number of nitrogens with zero attached hydrogens (tertiary/aromatic N) is 3. The lowest BCUT2D eigenvalue weighted by atomic mass is 9.94. The highest BCUT2D eigenvalue weighted by molar-refractivity contribution is 7.89. The summed E-state index contributed by atoms with van der Waals surface area (Å²) >= 11 is 0. The molecule has 0 spiro atoms. The molecule has 2 amide bonds. The van der Waals surface area contributed by atoms with Gasteiger partial charge in [-0.2, -0.15) is 4.31 Å². The van der Waals surface area contributed by atoms with Crippen LogP contribution < -0.4 is 10.1 Å². The number of hydrogen-bond donors (Lipinski definition) is 1. The molecule has 2 aromatic rings. The Labute approximate surface area is 201 Å². The maximum atomic E-state index is 13.5. The predicted octanol–water partition coefficient (Wildman–Crippen LogP) is 2.78. The number of sulfonamides is 1. The van der Waals surface area contributed by atoms with Gasteiger partial charge in [0.05, 0.1) is 13.7 Å². The molecule has 184 valence electrons. The quantitative estimate of drug-likeness (QED) is 0.642. The Morgan fingerprint density at radius 1 is 1.18 bits per heavy atom. The van der Waals surface area contributed by atoms with Crippen molar-refractivity contribution in [3.63, 3.8) is 0 Å². The van der Waals surface area contributed by atoms with E-state index in [1.54, 1.807) is 12.3 Å². The van der Waals surface area contributed by atoms with Crippen LogP contribution in [0, 0.1) is 18.8 Å². The van der Waals surface area contributed by atoms with Gasteiger partial charge in [-0.05, 0) is 61.1 Å². The minimum atomic E-state index is -3.87. The number of likely N-dealkylation sites (N-methyl/N-ethyl adjacent to an activating group) is 1. The summed E-state index contributed by atoms with van der Waals surface area (Å²) in [5, 5.41) is 2.66. The molecule has 1 N–H and O–H groups in total. The number of carbonyl (C=O) groups is 2. The van der Waals surface area contributed by atoms with E-state index < -0.39 is 21.8 Å². The molecule has 0 aliphatic carbocycles. The summed E-state index contributed by atoms with van der Waals surface area (Å²) < 4.78 is 33.7. The van der Waals surface area contributed by atoms with E-state index in [9.17, 15) is 18.0 Å². The van der Waals surface area contributed by atoms with Crippen molar-refractivity contribution in [2.75, 3.05) is 39.1 Å². The first-order valence-electron chi connectivity index (χ1n) is 11.2. The summed E-state index contributed by atoms with van der Waals surface area (Å²) in [7, 11) is -0.990. The lowest BCUT2D eigenvalue weighted by Crippen LogP contribution is -2.42. The van der Waals surface area contributed by atoms with Crippen LogP contribution in [-0.4, -0.2) is 68.2 Å². The lowest BCUT2D eigenvalue weighted by Gasteiger charge is -2.34. The molecule has 1 aromatic carbocycles. The molecule has 1 saturated heterocycles. The average Bonchev–Trinajstić information content (AvgIpc) is 2.77. The van der Waals surface area contributed by atoms with Gasteiger partial charge in [0.25, 0.3) is 5.91 Å². The summed E-state index contributed by atoms with van der Waals surface area (Å²) in [6.07, 6.45) is 2.55. The number of hydrogen-bond acceptors (Lipinski definition) is 6. The molecule has 1 aromatic heterocycles. The Balaban J connectivity index is 1.80. The third-order valence-electron chi connectivity index (χ3n) is 5.77. The molecule has 10 heteroatoms. The van der Waals surface area contributed by atoms with Crippen LogP contribution in [0.15, 0.2) is 41.4 Å². The van der Waals surface area contributed by atoms with E-state index in [-0.39, 0.29) is 34.6 Å². The van der Waals surface area contributed by atoms with E-state index in [4.69, 9.17) is 4.74 Å². The second kappa shape index (κ2) is 10.5. The van der Waals surface area contributed by atoms with Gasteiger partial charge in [-0.1, -0.05) is 13.8 Å². The highest BCUT2D eigenvalue weighted by atomic mass is 32.2. The highest BCUT2D eigenvalue weighted by Gasteiger charge is 2.34. The summed E-state index contributed by atoms with van der Waals surface area (Å²) in [6.45, 7) is 6.56. The smallest absolute Gasteiger partial charge is 0.254 e. The summed E-state index contributed by atoms with van der Waals surface area (Å²) in [5.74, 6) is 0.157. The highest BCUT2D eigenvalue weighted by Crippen LogP contribution is 2.32. The maximum Gasteiger partial charge on any atom is 0.254 e. The third kappa shape index (κ3) is 5.92. The molecule has 1 aliphatic rings. The van der Waals surface area contributed by atoms with Crippen LogP contribution in [0.4, 0.5) is 5.82 Å². The van der Waals surface area contributed by atoms with Crippen LogP contribution >= 0.6 is 0 Å². The number of benzene rings is 1. The van der Waals surface area contributed by atoms with Gasteiger partial charge in [0, 0.05) is 31.9 Å². The summed E-state index contributed by atoms with van der Waals surface area (Å²) in [5.41, 5.74) is 1.10. The second-order valence-corrected chi connectivity index (χ2v) is 11.0. The van der Waals surface area contributed by atoms with Crippen LogP contribution in [0.2, 0.25) is 0 Å². The van der Waals surface area contributed by atoms with Crippen LogP contribution in [0.25, 0.3) is 0 Å². The average molecular weight is 489 g/mol. The van der Waals surface area contributed by atoms with Gasteiger partial charge in [0.15, 0.2) is 0 Å². The zero-order chi connectivity index (χ0) is 25.0. The number of ether oxygens (including phenoxy) is 1. The number of methoxy groups -OCH3 is 1. The molecule has 0 bridgehead atoms. The van der Waals surface area contributed by atoms with Gasteiger partial charge in [-0.3, -0.25) is 9.59 Å². The number of piperidine rings is 1. The van der Waals surface area contributed by atoms with Gasteiger partial charge >= 0.3 is 0 Å². The number of nitrogens with one attached hydrogen (secondary N) is 1. The van der Waals surface area contributed by atoms with Crippen molar-refractivity contribution in [2.45, 2.75) is 32.1 Å². The monoisotopic (exact) mass is 488 g/mol. The molecule has 0 saturated carbocycles. The van der Waals surface area contributed by atoms with Crippen LogP contribution in [-0.2, 0) is 14.8 Å². The van der Waals surface area contributed by atoms with Gasteiger partial charge in [-0.15, -0.1) is 0 Å². The minimum Gasteiger partial charge on any atom is -0.495 e. The number of aryl methyl sites for hydroxylation is 1. The minimum absolute atomic E-state index is 0.0519. The van der Waals surface area contributed by atoms with E-state index in [2.05, 4.69) is 10.3 Å². The fraction of sp³-hybridized carbons (Fsp3) is 0.458. The third-order valence-corrected chi connectivity index (χ3v) is 7.63. The van der Waals surface area contributed by atoms with E-state index in [1.165, 1.54) is 41.6 Å². The van der Waals surface area contributed by atoms with Crippen LogP contribution in [0.1, 0.15) is 36.2 Å². The zero-order valence-corrected chi connectivity index (χ0v) is 21.1. The van der Waals surface area contributed by atoms with Gasteiger partial charge in [-0.25, -0.2) is 13.4 Å². The second-order valence-electron chi connectivity index (χ2n) is 9.06. The zero-order valence-electron chi connectivity index (χ0n) is 20.2. The number of carbonyl (C=O) groups excluding carboxylic acids is 2. The lowest BCUT2D eigenvalue weighted by molar-refractivity contribution is -0.116. The molecule has 9 nitrogen and oxygen atoms in total. The number of rotatable bonds is 7. The van der Waals surface area contributed by atoms with E-state index in [1.807, 2.05) is 26.8 Å². The van der Waals surface area contributed by atoms with Gasteiger partial charge in [0.1, 0.15) is 16.5 Å². The van der Waals surface area contributed by atoms with Crippen molar-refractivity contribution in [3.05, 3.63) is 47.7 Å². The summed E-state index contributed by atoms with van der Waals surface area (Å²) in [4.78, 5) is 30.7. The van der Waals surface area contributed by atoms with E-state index in [0.717, 1.165) is 12.0 Å². The molecular weight excluding hydrogens is 456 g/mol. The van der Waals surface area contributed by atoms with E-state index >= 15 is 0 Å². The SMILES string of the molecule is COc1ccc(C(=O)N(C)CC(=O)Nc2cc(C)ccn2)cc1S(=O)(=O)N1CC(C)CC(C)C1. The molecule has 1 fully saturated rings. The van der Waals surface area contributed by atoms with Crippen LogP contribution in [0.5, 0.6) is 5.75 Å². The largest absolute Gasteiger partial charge is 0.495 e. The fourth-order valence-electron chi connectivity index (χ4n) is 4.25. The van der Waals surface area contributed by atoms with Crippen LogP contribution in [0.3, 0.4) is 0 Å². The first-order chi connectivity index (χ1) is 16.0. The number of aromatic nitrogens is 1. The molecule has 2 unspecified atom stereocenters. The molecule has 1 aliphatic heterocycles. The van der Waals surface area contributed by atoms with Gasteiger partial charge < -0.3 is 15.0 Å². The predicted molar refractivity (Wildman–Crippen MR) is 129 cm³/mol. The molecule has 3 rings (SSSR count). The number of amides is 2. The van der Waals surface area contributed by atoms with Crippen molar-refractivity contribution < 1.29 is 22.7 Å². The standard InChI is InChI=1S/C24H32N4O5S/c1-16-8-9-25-22(11-16)26-23(29)15-27(4)24(30)19-6-7-20(33-5)21(12-19)34(31,32)28-13-17(2)10-18(3)14-28/h6-9,11-12,17-18H,10,13-15H2,1-5H3,(H,25,26,29). The van der Waals surface area contributed by atoms with Gasteiger partial charge in [0.2, 0.25) is 15.9 Å². The van der Waals surface area contributed by atoms with Crippen molar-refractivity contribution in [1.82, 2.24) is 14.2 Å². The number of pyridine rings is 1. The molecule has 2 atom stereocenters. The maximum absolute atomic E-state index is 13.5. The van der Waals surface area contributed by atoms with Crippen molar-refractivity contribution >= 4 is 27.7 Å². The van der Waals surface area contributed by atoms with Crippen molar-refractivity contribution in [2.24, 2.45) is 11.8 Å². The molecule has 2 heterocycles. The Kier molecular flexibility index (Phi) is 7.93. The summed E-state index contributed by atoms with van der Waals surface area (Å²) in [6, 6.07) is 7.84. The molecular formula is C24H32N4O5S. The van der Waals surface area contributed by atoms with Crippen molar-refractivity contribution in [3.8, 4) is 5.75 Å². The fourth-order valence-corrected chi connectivity index (χ4v) is 6.11. The van der Waals surface area contributed by atoms with E-state index in [0.29, 0.717) is 18.9 Å². The first kappa shape index (κ1) is 25.6. The van der Waals surface area contributed by atoms with Crippen molar-refractivity contribution in [1.29, 1.82) is 0 Å². The number of anilines is 1. The molecule has 34 heavy (non-hydrogen) atoms. The Bertz CT molecular complexity index is 1160. The Morgan fingerprint density at radius 2 is 1.85 bits per heavy atom. The normalized spacial score (nSPS) is 18.9. The molecule has 0 radical (unpaired) electrons. The Morgan fingerprint density at radius 3 is 2.47 bits per heavy atom.